The average Bonchev–Trinajstić information content (AvgIpc) is 2.42. The van der Waals surface area contributed by atoms with Gasteiger partial charge in [-0.3, -0.25) is 4.79 Å². The van der Waals surface area contributed by atoms with Crippen molar-refractivity contribution in [3.63, 3.8) is 0 Å². The molecule has 0 fully saturated rings. The summed E-state index contributed by atoms with van der Waals surface area (Å²) >= 11 is 0. The molecule has 1 unspecified atom stereocenters. The molecule has 0 amide bonds. The van der Waals surface area contributed by atoms with E-state index in [-0.39, 0.29) is 16.8 Å². The van der Waals surface area contributed by atoms with Gasteiger partial charge in [0.05, 0.1) is 5.41 Å². The Balaban J connectivity index is 4.97. The van der Waals surface area contributed by atoms with Crippen molar-refractivity contribution in [1.29, 1.82) is 0 Å². The standard InChI is InChI=1S/C17H35NO2/c1-8-11-12-17(5,16(4,9-2)10-3)15(19)20-14-13-18(6)7/h8-14H2,1-7H3. The van der Waals surface area contributed by atoms with Gasteiger partial charge in [0.15, 0.2) is 0 Å². The molecular formula is C17H35NO2. The van der Waals surface area contributed by atoms with Gasteiger partial charge >= 0.3 is 5.97 Å². The molecule has 0 aromatic carbocycles. The monoisotopic (exact) mass is 285 g/mol. The van der Waals surface area contributed by atoms with Crippen LogP contribution in [-0.2, 0) is 9.53 Å². The zero-order chi connectivity index (χ0) is 15.8. The number of hydrogen-bond acceptors (Lipinski definition) is 3. The number of rotatable bonds is 10. The van der Waals surface area contributed by atoms with Crippen LogP contribution in [0.1, 0.15) is 66.7 Å². The highest BCUT2D eigenvalue weighted by Gasteiger charge is 2.48. The Morgan fingerprint density at radius 1 is 1.10 bits per heavy atom. The minimum absolute atomic E-state index is 0.0113. The van der Waals surface area contributed by atoms with Gasteiger partial charge in [0.2, 0.25) is 0 Å². The quantitative estimate of drug-likeness (QED) is 0.566. The summed E-state index contributed by atoms with van der Waals surface area (Å²) in [6.45, 7) is 12.1. The normalized spacial score (nSPS) is 15.2. The zero-order valence-corrected chi connectivity index (χ0v) is 14.7. The highest BCUT2D eigenvalue weighted by atomic mass is 16.5. The molecule has 3 nitrogen and oxygen atoms in total. The molecule has 0 saturated carbocycles. The van der Waals surface area contributed by atoms with Gasteiger partial charge in [-0.05, 0) is 45.7 Å². The third-order valence-electron chi connectivity index (χ3n) is 5.15. The molecule has 20 heavy (non-hydrogen) atoms. The maximum Gasteiger partial charge on any atom is 0.312 e. The number of ether oxygens (including phenoxy) is 1. The van der Waals surface area contributed by atoms with Crippen LogP contribution in [0.15, 0.2) is 0 Å². The van der Waals surface area contributed by atoms with Crippen molar-refractivity contribution in [2.24, 2.45) is 10.8 Å². The average molecular weight is 285 g/mol. The van der Waals surface area contributed by atoms with Gasteiger partial charge in [-0.15, -0.1) is 0 Å². The molecule has 0 N–H and O–H groups in total. The zero-order valence-electron chi connectivity index (χ0n) is 14.7. The van der Waals surface area contributed by atoms with E-state index in [2.05, 4.69) is 34.6 Å². The molecule has 0 bridgehead atoms. The predicted octanol–water partition coefficient (Wildman–Crippen LogP) is 4.11. The minimum Gasteiger partial charge on any atom is -0.464 e. The Hall–Kier alpha value is -0.570. The molecule has 0 saturated heterocycles. The lowest BCUT2D eigenvalue weighted by Crippen LogP contribution is -2.45. The number of nitrogens with zero attached hydrogens (tertiary/aromatic N) is 1. The van der Waals surface area contributed by atoms with Crippen LogP contribution in [0.5, 0.6) is 0 Å². The fourth-order valence-corrected chi connectivity index (χ4v) is 2.69. The van der Waals surface area contributed by atoms with E-state index < -0.39 is 0 Å². The molecule has 0 heterocycles. The smallest absolute Gasteiger partial charge is 0.312 e. The highest BCUT2D eigenvalue weighted by molar-refractivity contribution is 5.77. The molecule has 0 aliphatic heterocycles. The SMILES string of the molecule is CCCCC(C)(C(=O)OCCN(C)C)C(C)(CC)CC. The minimum atomic E-state index is -0.376. The predicted molar refractivity (Wildman–Crippen MR) is 85.8 cm³/mol. The number of carbonyl (C=O) groups is 1. The van der Waals surface area contributed by atoms with Gasteiger partial charge in [-0.25, -0.2) is 0 Å². The van der Waals surface area contributed by atoms with Crippen LogP contribution in [0.2, 0.25) is 0 Å². The lowest BCUT2D eigenvalue weighted by molar-refractivity contribution is -0.165. The fraction of sp³-hybridized carbons (Fsp3) is 0.941. The number of unbranched alkanes of at least 4 members (excludes halogenated alkanes) is 1. The van der Waals surface area contributed by atoms with E-state index in [1.54, 1.807) is 0 Å². The van der Waals surface area contributed by atoms with Crippen LogP contribution in [-0.4, -0.2) is 38.1 Å². The van der Waals surface area contributed by atoms with E-state index in [4.69, 9.17) is 4.74 Å². The van der Waals surface area contributed by atoms with Crippen LogP contribution in [0, 0.1) is 10.8 Å². The molecule has 0 aliphatic rings. The second-order valence-electron chi connectivity index (χ2n) is 6.64. The Labute approximate surface area is 126 Å². The summed E-state index contributed by atoms with van der Waals surface area (Å²) in [6, 6.07) is 0. The molecule has 3 heteroatoms. The summed E-state index contributed by atoms with van der Waals surface area (Å²) in [4.78, 5) is 14.7. The maximum atomic E-state index is 12.7. The van der Waals surface area contributed by atoms with Crippen molar-refractivity contribution in [3.05, 3.63) is 0 Å². The van der Waals surface area contributed by atoms with Crippen LogP contribution in [0.4, 0.5) is 0 Å². The first-order valence-electron chi connectivity index (χ1n) is 8.09. The molecule has 0 radical (unpaired) electrons. The Kier molecular flexibility index (Phi) is 8.41. The van der Waals surface area contributed by atoms with Gasteiger partial charge in [0, 0.05) is 6.54 Å². The highest BCUT2D eigenvalue weighted by Crippen LogP contribution is 2.48. The van der Waals surface area contributed by atoms with Gasteiger partial charge in [-0.1, -0.05) is 40.5 Å². The van der Waals surface area contributed by atoms with Gasteiger partial charge in [0.25, 0.3) is 0 Å². The number of likely N-dealkylation sites (N-methyl/N-ethyl adjacent to an activating group) is 1. The lowest BCUT2D eigenvalue weighted by atomic mass is 9.60. The molecule has 120 valence electrons. The molecule has 1 atom stereocenters. The number of carbonyl (C=O) groups excluding carboxylic acids is 1. The summed E-state index contributed by atoms with van der Waals surface area (Å²) in [6.07, 6.45) is 5.13. The molecular weight excluding hydrogens is 250 g/mol. The van der Waals surface area contributed by atoms with E-state index in [1.807, 2.05) is 19.0 Å². The third kappa shape index (κ3) is 4.76. The molecule has 0 spiro atoms. The lowest BCUT2D eigenvalue weighted by Gasteiger charge is -2.44. The summed E-state index contributed by atoms with van der Waals surface area (Å²) < 4.78 is 5.58. The molecule has 0 rings (SSSR count). The van der Waals surface area contributed by atoms with Gasteiger partial charge in [-0.2, -0.15) is 0 Å². The second-order valence-corrected chi connectivity index (χ2v) is 6.64. The number of esters is 1. The first kappa shape index (κ1) is 19.4. The van der Waals surface area contributed by atoms with Crippen molar-refractivity contribution < 1.29 is 9.53 Å². The van der Waals surface area contributed by atoms with E-state index in [0.717, 1.165) is 38.6 Å². The summed E-state index contributed by atoms with van der Waals surface area (Å²) in [5.74, 6) is -0.0148. The van der Waals surface area contributed by atoms with Crippen molar-refractivity contribution in [3.8, 4) is 0 Å². The van der Waals surface area contributed by atoms with Crippen LogP contribution < -0.4 is 0 Å². The molecule has 0 aliphatic carbocycles. The molecule has 0 aromatic heterocycles. The van der Waals surface area contributed by atoms with Crippen LogP contribution in [0.3, 0.4) is 0 Å². The Morgan fingerprint density at radius 3 is 2.05 bits per heavy atom. The number of hydrogen-bond donors (Lipinski definition) is 0. The van der Waals surface area contributed by atoms with Crippen molar-refractivity contribution >= 4 is 5.97 Å². The summed E-state index contributed by atoms with van der Waals surface area (Å²) in [5.41, 5.74) is -0.365. The van der Waals surface area contributed by atoms with E-state index in [0.29, 0.717) is 6.61 Å². The first-order valence-corrected chi connectivity index (χ1v) is 8.09. The van der Waals surface area contributed by atoms with Crippen molar-refractivity contribution in [1.82, 2.24) is 4.90 Å². The maximum absolute atomic E-state index is 12.7. The first-order chi connectivity index (χ1) is 9.27. The molecule has 0 aromatic rings. The topological polar surface area (TPSA) is 29.5 Å². The fourth-order valence-electron chi connectivity index (χ4n) is 2.69. The van der Waals surface area contributed by atoms with Crippen molar-refractivity contribution in [2.75, 3.05) is 27.2 Å². The van der Waals surface area contributed by atoms with Gasteiger partial charge < -0.3 is 9.64 Å². The van der Waals surface area contributed by atoms with Crippen LogP contribution >= 0.6 is 0 Å². The summed E-state index contributed by atoms with van der Waals surface area (Å²) in [7, 11) is 3.98. The summed E-state index contributed by atoms with van der Waals surface area (Å²) in [5, 5.41) is 0. The Bertz CT molecular complexity index is 285. The Morgan fingerprint density at radius 2 is 1.65 bits per heavy atom. The van der Waals surface area contributed by atoms with Crippen LogP contribution in [0.25, 0.3) is 0 Å². The van der Waals surface area contributed by atoms with E-state index in [1.165, 1.54) is 0 Å². The largest absolute Gasteiger partial charge is 0.464 e. The van der Waals surface area contributed by atoms with Crippen molar-refractivity contribution in [2.45, 2.75) is 66.7 Å². The third-order valence-corrected chi connectivity index (χ3v) is 5.15. The second kappa shape index (κ2) is 8.66. The van der Waals surface area contributed by atoms with E-state index >= 15 is 0 Å². The van der Waals surface area contributed by atoms with E-state index in [9.17, 15) is 4.79 Å². The van der Waals surface area contributed by atoms with Gasteiger partial charge in [0.1, 0.15) is 6.61 Å².